The van der Waals surface area contributed by atoms with Gasteiger partial charge in [0, 0.05) is 10.8 Å². The van der Waals surface area contributed by atoms with Crippen LogP contribution in [-0.4, -0.2) is 17.2 Å². The lowest BCUT2D eigenvalue weighted by Gasteiger charge is -1.92. The lowest BCUT2D eigenvalue weighted by Crippen LogP contribution is -2.28. The van der Waals surface area contributed by atoms with Crippen LogP contribution < -0.4 is 5.46 Å². The van der Waals surface area contributed by atoms with Gasteiger partial charge in [0.05, 0.1) is 11.7 Å². The zero-order valence-electron chi connectivity index (χ0n) is 10.9. The maximum atomic E-state index is 9.09. The van der Waals surface area contributed by atoms with E-state index in [1.54, 1.807) is 0 Å². The molecule has 0 aliphatic carbocycles. The molecule has 0 aliphatic rings. The molecular weight excluding hydrogens is 155 g/mol. The number of rotatable bonds is 1. The van der Waals surface area contributed by atoms with E-state index >= 15 is 0 Å². The van der Waals surface area contributed by atoms with Crippen LogP contribution in [0.3, 0.4) is 0 Å². The molecule has 4 heteroatoms. The van der Waals surface area contributed by atoms with Crippen LogP contribution in [0.4, 0.5) is 0 Å². The van der Waals surface area contributed by atoms with Gasteiger partial charge in [-0.05, 0) is 6.04 Å². The minimum Gasteiger partial charge on any atom is -0.465 e. The zero-order valence-corrected chi connectivity index (χ0v) is 5.88. The fourth-order valence-electron chi connectivity index (χ4n) is 0.906. The molecule has 0 unspecified atom stereocenters. The van der Waals surface area contributed by atoms with Crippen molar-refractivity contribution in [1.82, 2.24) is 0 Å². The van der Waals surface area contributed by atoms with Gasteiger partial charge in [-0.25, -0.2) is 0 Å². The van der Waals surface area contributed by atoms with E-state index in [0.717, 1.165) is 0 Å². The van der Waals surface area contributed by atoms with E-state index in [1.807, 2.05) is 0 Å². The lowest BCUT2D eigenvalue weighted by atomic mass is 9.80. The Morgan fingerprint density at radius 1 is 1.33 bits per heavy atom. The van der Waals surface area contributed by atoms with Crippen LogP contribution in [0, 0.1) is 0 Å². The Balaban J connectivity index is 3.02. The van der Waals surface area contributed by atoms with Crippen LogP contribution in [0.25, 0.3) is 11.0 Å². The van der Waals surface area contributed by atoms with Crippen LogP contribution in [0.2, 0.25) is 0 Å². The van der Waals surface area contributed by atoms with Crippen molar-refractivity contribution in [1.29, 1.82) is 0 Å². The highest BCUT2D eigenvalue weighted by atomic mass is 16.4. The third-order valence-electron chi connectivity index (χ3n) is 1.44. The standard InChI is InChI=1S/C8H7BO3/c10-9(11)7-5-12-8-4-2-1-3-6(7)8/h1-5,10-11H/i1D,2D,3D,4D,5D. The van der Waals surface area contributed by atoms with Gasteiger partial charge in [-0.1, -0.05) is 18.1 Å². The first-order chi connectivity index (χ1) is 7.86. The van der Waals surface area contributed by atoms with E-state index in [4.69, 9.17) is 21.3 Å². The van der Waals surface area contributed by atoms with Gasteiger partial charge in [-0.2, -0.15) is 0 Å². The molecule has 0 saturated carbocycles. The first-order valence-corrected chi connectivity index (χ1v) is 3.21. The fourth-order valence-corrected chi connectivity index (χ4v) is 0.906. The van der Waals surface area contributed by atoms with Crippen LogP contribution in [0.1, 0.15) is 6.85 Å². The predicted molar refractivity (Wildman–Crippen MR) is 46.0 cm³/mol. The van der Waals surface area contributed by atoms with Gasteiger partial charge in [0.15, 0.2) is 0 Å². The summed E-state index contributed by atoms with van der Waals surface area (Å²) < 4.78 is 42.3. The summed E-state index contributed by atoms with van der Waals surface area (Å²) in [6, 6.07) is -1.90. The van der Waals surface area contributed by atoms with Crippen molar-refractivity contribution in [2.45, 2.75) is 0 Å². The van der Waals surface area contributed by atoms with Crippen molar-refractivity contribution < 1.29 is 21.3 Å². The fraction of sp³-hybridized carbons (Fsp3) is 0. The topological polar surface area (TPSA) is 53.6 Å². The van der Waals surface area contributed by atoms with Crippen LogP contribution in [0.5, 0.6) is 0 Å². The van der Waals surface area contributed by atoms with E-state index in [2.05, 4.69) is 0 Å². The molecule has 1 aromatic carbocycles. The number of furan rings is 1. The van der Waals surface area contributed by atoms with E-state index in [1.165, 1.54) is 0 Å². The summed E-state index contributed by atoms with van der Waals surface area (Å²) in [7, 11) is -2.02. The normalized spacial score (nSPS) is 16.3. The quantitative estimate of drug-likeness (QED) is 0.592. The molecule has 0 radical (unpaired) electrons. The molecule has 0 saturated heterocycles. The number of benzene rings is 1. The Morgan fingerprint density at radius 3 is 2.83 bits per heavy atom. The Hall–Kier alpha value is -1.26. The van der Waals surface area contributed by atoms with Gasteiger partial charge in [0.1, 0.15) is 6.95 Å². The van der Waals surface area contributed by atoms with Crippen LogP contribution in [0.15, 0.2) is 34.8 Å². The molecule has 2 rings (SSSR count). The van der Waals surface area contributed by atoms with Crippen molar-refractivity contribution in [3.05, 3.63) is 30.4 Å². The maximum absolute atomic E-state index is 9.09. The van der Waals surface area contributed by atoms with Crippen LogP contribution in [-0.2, 0) is 0 Å². The summed E-state index contributed by atoms with van der Waals surface area (Å²) in [5.74, 6) is 0. The summed E-state index contributed by atoms with van der Waals surface area (Å²) in [6.07, 6.45) is -0.581. The van der Waals surface area contributed by atoms with E-state index in [0.29, 0.717) is 0 Å². The van der Waals surface area contributed by atoms with Crippen molar-refractivity contribution in [2.24, 2.45) is 0 Å². The lowest BCUT2D eigenvalue weighted by molar-refractivity contribution is 0.425. The van der Waals surface area contributed by atoms with Gasteiger partial charge >= 0.3 is 7.12 Å². The summed E-state index contributed by atoms with van der Waals surface area (Å²) in [4.78, 5) is 0. The highest BCUT2D eigenvalue weighted by molar-refractivity contribution is 6.61. The molecule has 0 atom stereocenters. The highest BCUT2D eigenvalue weighted by Gasteiger charge is 2.16. The van der Waals surface area contributed by atoms with E-state index < -0.39 is 37.5 Å². The van der Waals surface area contributed by atoms with Crippen molar-refractivity contribution in [2.75, 3.05) is 0 Å². The van der Waals surface area contributed by atoms with Gasteiger partial charge in [0.2, 0.25) is 0 Å². The first kappa shape index (κ1) is 3.64. The molecule has 0 spiro atoms. The molecule has 0 bridgehead atoms. The summed E-state index contributed by atoms with van der Waals surface area (Å²) in [5, 5.41) is 18.0. The monoisotopic (exact) mass is 167 g/mol. The second-order valence-electron chi connectivity index (χ2n) is 2.20. The predicted octanol–water partition coefficient (Wildman–Crippen LogP) is 0.113. The Morgan fingerprint density at radius 2 is 2.08 bits per heavy atom. The van der Waals surface area contributed by atoms with Gasteiger partial charge in [-0.3, -0.25) is 0 Å². The Bertz CT molecular complexity index is 609. The molecule has 2 aromatic rings. The van der Waals surface area contributed by atoms with E-state index in [9.17, 15) is 0 Å². The molecular formula is C8H7BO3. The number of hydrogen-bond acceptors (Lipinski definition) is 3. The molecule has 1 heterocycles. The minimum atomic E-state index is -2.02. The molecule has 0 aliphatic heterocycles. The smallest absolute Gasteiger partial charge is 0.465 e. The summed E-state index contributed by atoms with van der Waals surface area (Å²) in [6.45, 7) is 0. The van der Waals surface area contributed by atoms with Gasteiger partial charge in [-0.15, -0.1) is 0 Å². The third kappa shape index (κ3) is 1.01. The first-order valence-electron chi connectivity index (χ1n) is 5.71. The summed E-state index contributed by atoms with van der Waals surface area (Å²) >= 11 is 0. The number of hydrogen-bond donors (Lipinski definition) is 2. The number of fused-ring (bicyclic) bond motifs is 1. The average Bonchev–Trinajstić information content (AvgIpc) is 2.61. The second kappa shape index (κ2) is 2.66. The number of para-hydroxylation sites is 1. The highest BCUT2D eigenvalue weighted by Crippen LogP contribution is 2.11. The molecule has 0 fully saturated rings. The SMILES string of the molecule is [2H]c1oc2c([2H])c([2H])c([2H])c([2H])c2c1B(O)O. The van der Waals surface area contributed by atoms with Gasteiger partial charge in [0.25, 0.3) is 0 Å². The second-order valence-corrected chi connectivity index (χ2v) is 2.20. The molecule has 12 heavy (non-hydrogen) atoms. The average molecular weight is 167 g/mol. The van der Waals surface area contributed by atoms with Crippen LogP contribution >= 0.6 is 0 Å². The van der Waals surface area contributed by atoms with Crippen molar-refractivity contribution >= 4 is 23.6 Å². The molecule has 60 valence electrons. The van der Waals surface area contributed by atoms with Gasteiger partial charge < -0.3 is 14.5 Å². The maximum Gasteiger partial charge on any atom is 0.492 e. The Labute approximate surface area is 76.4 Å². The minimum absolute atomic E-state index is 0.170. The van der Waals surface area contributed by atoms with Crippen molar-refractivity contribution in [3.63, 3.8) is 0 Å². The largest absolute Gasteiger partial charge is 0.492 e. The van der Waals surface area contributed by atoms with E-state index in [-0.39, 0.29) is 16.4 Å². The summed E-state index contributed by atoms with van der Waals surface area (Å²) in [5.41, 5.74) is -0.601. The van der Waals surface area contributed by atoms with Crippen molar-refractivity contribution in [3.8, 4) is 0 Å². The third-order valence-corrected chi connectivity index (χ3v) is 1.44. The molecule has 1 aromatic heterocycles. The zero-order chi connectivity index (χ0) is 12.9. The molecule has 0 amide bonds. The molecule has 3 nitrogen and oxygen atoms in total. The molecule has 2 N–H and O–H groups in total. The Kier molecular flexibility index (Phi) is 0.806.